The van der Waals surface area contributed by atoms with Crippen molar-refractivity contribution in [1.82, 2.24) is 10.4 Å². The lowest BCUT2D eigenvalue weighted by atomic mass is 9.79. The Morgan fingerprint density at radius 1 is 1.50 bits per heavy atom. The molecule has 0 bridgehead atoms. The largest absolute Gasteiger partial charge is 0.316 e. The fourth-order valence-corrected chi connectivity index (χ4v) is 2.17. The third kappa shape index (κ3) is 1.03. The molecule has 2 N–H and O–H groups in total. The van der Waals surface area contributed by atoms with Gasteiger partial charge in [-0.2, -0.15) is 0 Å². The van der Waals surface area contributed by atoms with Crippen LogP contribution in [0.5, 0.6) is 0 Å². The van der Waals surface area contributed by atoms with E-state index in [1.54, 1.807) is 0 Å². The molecule has 0 aromatic carbocycles. The van der Waals surface area contributed by atoms with Crippen LogP contribution in [0.15, 0.2) is 0 Å². The molecule has 2 aliphatic rings. The summed E-state index contributed by atoms with van der Waals surface area (Å²) in [6, 6.07) is 0. The Hall–Kier alpha value is -0.610. The first-order valence-corrected chi connectivity index (χ1v) is 4.46. The molecule has 0 aromatic heterocycles. The van der Waals surface area contributed by atoms with Gasteiger partial charge >= 0.3 is 0 Å². The highest BCUT2D eigenvalue weighted by molar-refractivity contribution is 5.84. The van der Waals surface area contributed by atoms with Crippen LogP contribution in [0.4, 0.5) is 0 Å². The van der Waals surface area contributed by atoms with Crippen molar-refractivity contribution in [3.8, 4) is 0 Å². The lowest BCUT2D eigenvalue weighted by molar-refractivity contribution is -0.164. The molecule has 1 atom stereocenters. The summed E-state index contributed by atoms with van der Waals surface area (Å²) in [5.74, 6) is -0.0882. The van der Waals surface area contributed by atoms with Crippen molar-refractivity contribution in [1.29, 1.82) is 0 Å². The van der Waals surface area contributed by atoms with Gasteiger partial charge < -0.3 is 5.32 Å². The first kappa shape index (κ1) is 8.01. The number of nitrogens with one attached hydrogen (secondary N) is 1. The van der Waals surface area contributed by atoms with Crippen molar-refractivity contribution in [2.45, 2.75) is 19.3 Å². The molecule has 1 unspecified atom stereocenters. The van der Waals surface area contributed by atoms with Gasteiger partial charge in [0.1, 0.15) is 0 Å². The minimum absolute atomic E-state index is 0.0882. The topological polar surface area (TPSA) is 52.6 Å². The van der Waals surface area contributed by atoms with E-state index in [0.717, 1.165) is 37.4 Å². The quantitative estimate of drug-likeness (QED) is 0.502. The molecule has 1 spiro atoms. The van der Waals surface area contributed by atoms with Gasteiger partial charge in [0.05, 0.1) is 5.41 Å². The summed E-state index contributed by atoms with van der Waals surface area (Å²) < 4.78 is 0. The second kappa shape index (κ2) is 2.71. The number of carbonyl (C=O) groups excluding carboxylic acids is 1. The standard InChI is InChI=1S/C8H14N2O2/c11-7-8(3-5-10(7)12)2-1-4-9-6-8/h9,12H,1-6H2. The van der Waals surface area contributed by atoms with Crippen molar-refractivity contribution < 1.29 is 10.0 Å². The normalized spacial score (nSPS) is 36.4. The molecule has 68 valence electrons. The molecular weight excluding hydrogens is 156 g/mol. The molecule has 1 amide bonds. The maximum Gasteiger partial charge on any atom is 0.253 e. The van der Waals surface area contributed by atoms with Gasteiger partial charge in [-0.1, -0.05) is 0 Å². The summed E-state index contributed by atoms with van der Waals surface area (Å²) in [5, 5.41) is 13.2. The monoisotopic (exact) mass is 170 g/mol. The molecule has 12 heavy (non-hydrogen) atoms. The summed E-state index contributed by atoms with van der Waals surface area (Å²) >= 11 is 0. The van der Waals surface area contributed by atoms with E-state index < -0.39 is 0 Å². The summed E-state index contributed by atoms with van der Waals surface area (Å²) in [5.41, 5.74) is -0.271. The maximum absolute atomic E-state index is 11.5. The Labute approximate surface area is 71.5 Å². The molecule has 4 heteroatoms. The van der Waals surface area contributed by atoms with E-state index in [0.29, 0.717) is 6.54 Å². The van der Waals surface area contributed by atoms with Crippen molar-refractivity contribution in [2.24, 2.45) is 5.41 Å². The number of nitrogens with zero attached hydrogens (tertiary/aromatic N) is 1. The second-order valence-corrected chi connectivity index (χ2v) is 3.74. The smallest absolute Gasteiger partial charge is 0.253 e. The highest BCUT2D eigenvalue weighted by Crippen LogP contribution is 2.36. The van der Waals surface area contributed by atoms with Gasteiger partial charge in [-0.3, -0.25) is 10.0 Å². The number of hydrogen-bond donors (Lipinski definition) is 2. The fraction of sp³-hybridized carbons (Fsp3) is 0.875. The molecule has 2 heterocycles. The van der Waals surface area contributed by atoms with Crippen LogP contribution in [0.1, 0.15) is 19.3 Å². The Morgan fingerprint density at radius 3 is 2.83 bits per heavy atom. The summed E-state index contributed by atoms with van der Waals surface area (Å²) in [7, 11) is 0. The van der Waals surface area contributed by atoms with Gasteiger partial charge in [-0.15, -0.1) is 0 Å². The Morgan fingerprint density at radius 2 is 2.33 bits per heavy atom. The maximum atomic E-state index is 11.5. The number of carbonyl (C=O) groups is 1. The van der Waals surface area contributed by atoms with Crippen LogP contribution < -0.4 is 5.32 Å². The Balaban J connectivity index is 2.14. The Kier molecular flexibility index (Phi) is 1.81. The average molecular weight is 170 g/mol. The van der Waals surface area contributed by atoms with E-state index in [2.05, 4.69) is 5.32 Å². The van der Waals surface area contributed by atoms with E-state index in [1.165, 1.54) is 0 Å². The predicted molar refractivity (Wildman–Crippen MR) is 42.7 cm³/mol. The van der Waals surface area contributed by atoms with E-state index >= 15 is 0 Å². The number of amides is 1. The minimum atomic E-state index is -0.271. The Bertz CT molecular complexity index is 194. The molecule has 2 fully saturated rings. The molecule has 0 aliphatic carbocycles. The number of hydroxylamine groups is 2. The van der Waals surface area contributed by atoms with E-state index in [4.69, 9.17) is 0 Å². The van der Waals surface area contributed by atoms with Crippen LogP contribution in [0.25, 0.3) is 0 Å². The lowest BCUT2D eigenvalue weighted by Crippen LogP contribution is -2.45. The van der Waals surface area contributed by atoms with Gasteiger partial charge in [0.25, 0.3) is 5.91 Å². The van der Waals surface area contributed by atoms with Gasteiger partial charge in [0.2, 0.25) is 0 Å². The highest BCUT2D eigenvalue weighted by Gasteiger charge is 2.46. The zero-order valence-electron chi connectivity index (χ0n) is 7.05. The van der Waals surface area contributed by atoms with Crippen molar-refractivity contribution in [3.05, 3.63) is 0 Å². The third-order valence-corrected chi connectivity index (χ3v) is 2.96. The van der Waals surface area contributed by atoms with E-state index in [9.17, 15) is 10.0 Å². The number of hydrogen-bond acceptors (Lipinski definition) is 3. The molecular formula is C8H14N2O2. The van der Waals surface area contributed by atoms with Crippen molar-refractivity contribution in [3.63, 3.8) is 0 Å². The first-order valence-electron chi connectivity index (χ1n) is 4.46. The molecule has 4 nitrogen and oxygen atoms in total. The van der Waals surface area contributed by atoms with Crippen LogP contribution in [0.3, 0.4) is 0 Å². The molecule has 0 radical (unpaired) electrons. The van der Waals surface area contributed by atoms with Crippen LogP contribution in [0.2, 0.25) is 0 Å². The number of piperidine rings is 1. The zero-order chi connectivity index (χ0) is 8.60. The average Bonchev–Trinajstić information content (AvgIpc) is 2.37. The van der Waals surface area contributed by atoms with Gasteiger partial charge in [0.15, 0.2) is 0 Å². The molecule has 0 aromatic rings. The van der Waals surface area contributed by atoms with Crippen LogP contribution >= 0.6 is 0 Å². The third-order valence-electron chi connectivity index (χ3n) is 2.96. The SMILES string of the molecule is O=C1N(O)CCC12CCCNC2. The highest BCUT2D eigenvalue weighted by atomic mass is 16.5. The summed E-state index contributed by atoms with van der Waals surface area (Å²) in [6.45, 7) is 2.24. The van der Waals surface area contributed by atoms with Crippen LogP contribution in [0, 0.1) is 5.41 Å². The predicted octanol–water partition coefficient (Wildman–Crippen LogP) is -0.0223. The molecule has 2 rings (SSSR count). The second-order valence-electron chi connectivity index (χ2n) is 3.74. The lowest BCUT2D eigenvalue weighted by Gasteiger charge is -2.31. The zero-order valence-corrected chi connectivity index (χ0v) is 7.05. The van der Waals surface area contributed by atoms with Crippen LogP contribution in [-0.2, 0) is 4.79 Å². The van der Waals surface area contributed by atoms with Crippen molar-refractivity contribution >= 4 is 5.91 Å². The molecule has 2 saturated heterocycles. The van der Waals surface area contributed by atoms with Crippen LogP contribution in [-0.4, -0.2) is 35.8 Å². The molecule has 0 saturated carbocycles. The van der Waals surface area contributed by atoms with Gasteiger partial charge in [-0.05, 0) is 25.8 Å². The van der Waals surface area contributed by atoms with Gasteiger partial charge in [0, 0.05) is 13.1 Å². The minimum Gasteiger partial charge on any atom is -0.316 e. The van der Waals surface area contributed by atoms with Gasteiger partial charge in [-0.25, -0.2) is 5.06 Å². The van der Waals surface area contributed by atoms with Crippen molar-refractivity contribution in [2.75, 3.05) is 19.6 Å². The number of rotatable bonds is 0. The summed E-state index contributed by atoms with van der Waals surface area (Å²) in [4.78, 5) is 11.5. The van der Waals surface area contributed by atoms with E-state index in [1.807, 2.05) is 0 Å². The summed E-state index contributed by atoms with van der Waals surface area (Å²) in [6.07, 6.45) is 2.77. The van der Waals surface area contributed by atoms with E-state index in [-0.39, 0.29) is 11.3 Å². The first-order chi connectivity index (χ1) is 5.75. The fourth-order valence-electron chi connectivity index (χ4n) is 2.17. The molecule has 2 aliphatic heterocycles.